The van der Waals surface area contributed by atoms with Gasteiger partial charge in [0.25, 0.3) is 5.91 Å². The molecule has 1 N–H and O–H groups in total. The van der Waals surface area contributed by atoms with Gasteiger partial charge >= 0.3 is 5.97 Å². The number of sulfonamides is 1. The van der Waals surface area contributed by atoms with Gasteiger partial charge in [0.1, 0.15) is 10.7 Å². The monoisotopic (exact) mass is 370 g/mol. The first-order chi connectivity index (χ1) is 11.6. The fraction of sp³-hybridized carbons (Fsp3) is 0.625. The van der Waals surface area contributed by atoms with Gasteiger partial charge in [0.2, 0.25) is 10.0 Å². The molecule has 1 unspecified atom stereocenters. The molecule has 1 aromatic heterocycles. The van der Waals surface area contributed by atoms with Crippen LogP contribution >= 0.6 is 0 Å². The fourth-order valence-electron chi connectivity index (χ4n) is 3.36. The van der Waals surface area contributed by atoms with Crippen molar-refractivity contribution in [2.24, 2.45) is 5.41 Å². The molecule has 2 aliphatic rings. The van der Waals surface area contributed by atoms with E-state index >= 15 is 0 Å². The predicted octanol–water partition coefficient (Wildman–Crippen LogP) is 1.31. The molecule has 1 amide bonds. The first-order valence-electron chi connectivity index (χ1n) is 8.28. The van der Waals surface area contributed by atoms with Gasteiger partial charge in [0, 0.05) is 32.2 Å². The van der Waals surface area contributed by atoms with Crippen LogP contribution in [0, 0.1) is 12.3 Å². The minimum atomic E-state index is -3.67. The highest BCUT2D eigenvalue weighted by Gasteiger charge is 2.43. The first kappa shape index (κ1) is 17.9. The van der Waals surface area contributed by atoms with Crippen molar-refractivity contribution in [2.45, 2.75) is 38.0 Å². The minimum Gasteiger partial charge on any atom is -0.481 e. The van der Waals surface area contributed by atoms with E-state index in [-0.39, 0.29) is 23.0 Å². The average molecular weight is 370 g/mol. The zero-order valence-electron chi connectivity index (χ0n) is 14.3. The van der Waals surface area contributed by atoms with E-state index in [1.807, 2.05) is 0 Å². The Kier molecular flexibility index (Phi) is 4.40. The summed E-state index contributed by atoms with van der Waals surface area (Å²) in [6, 6.07) is 1.27. The number of aryl methyl sites for hydroxylation is 1. The van der Waals surface area contributed by atoms with E-state index in [1.165, 1.54) is 22.2 Å². The van der Waals surface area contributed by atoms with Crippen LogP contribution in [0.4, 0.5) is 0 Å². The van der Waals surface area contributed by atoms with Crippen molar-refractivity contribution < 1.29 is 27.5 Å². The second kappa shape index (κ2) is 6.14. The van der Waals surface area contributed by atoms with Crippen molar-refractivity contribution in [1.82, 2.24) is 9.21 Å². The fourth-order valence-corrected chi connectivity index (χ4v) is 5.04. The molecule has 1 aromatic rings. The summed E-state index contributed by atoms with van der Waals surface area (Å²) in [7, 11) is -3.67. The Morgan fingerprint density at radius 2 is 1.88 bits per heavy atom. The van der Waals surface area contributed by atoms with Crippen LogP contribution in [0.15, 0.2) is 15.4 Å². The summed E-state index contributed by atoms with van der Waals surface area (Å²) in [5.41, 5.74) is -0.984. The number of aliphatic carboxylic acids is 1. The number of likely N-dealkylation sites (tertiary alicyclic amines) is 1. The molecule has 0 aliphatic carbocycles. The Hall–Kier alpha value is -1.87. The van der Waals surface area contributed by atoms with Crippen molar-refractivity contribution in [1.29, 1.82) is 0 Å². The molecular weight excluding hydrogens is 348 g/mol. The Labute approximate surface area is 146 Å². The zero-order valence-corrected chi connectivity index (χ0v) is 15.1. The number of carbonyl (C=O) groups is 2. The number of furan rings is 1. The van der Waals surface area contributed by atoms with Gasteiger partial charge in [-0.1, -0.05) is 0 Å². The smallest absolute Gasteiger partial charge is 0.311 e. The Balaban J connectivity index is 1.83. The van der Waals surface area contributed by atoms with Crippen LogP contribution in [0.2, 0.25) is 0 Å². The van der Waals surface area contributed by atoms with E-state index in [1.54, 1.807) is 6.92 Å². The highest BCUT2D eigenvalue weighted by Crippen LogP contribution is 2.32. The maximum absolute atomic E-state index is 12.7. The lowest BCUT2D eigenvalue weighted by molar-refractivity contribution is -0.147. The van der Waals surface area contributed by atoms with E-state index in [4.69, 9.17) is 4.42 Å². The number of carboxylic acids is 1. The molecule has 25 heavy (non-hydrogen) atoms. The molecule has 2 fully saturated rings. The zero-order chi connectivity index (χ0) is 18.4. The van der Waals surface area contributed by atoms with E-state index in [2.05, 4.69) is 0 Å². The normalized spacial score (nSPS) is 24.8. The molecule has 3 rings (SSSR count). The standard InChI is InChI=1S/C16H22N2O6S/c1-11-13(25(22,23)18-6-3-4-7-18)9-12(24-11)14(19)17-8-5-16(2,10-17)15(20)21/h9H,3-8,10H2,1-2H3,(H,20,21). The molecule has 138 valence electrons. The Morgan fingerprint density at radius 3 is 2.44 bits per heavy atom. The molecule has 0 aromatic carbocycles. The summed E-state index contributed by atoms with van der Waals surface area (Å²) in [4.78, 5) is 25.3. The van der Waals surface area contributed by atoms with E-state index in [0.29, 0.717) is 26.1 Å². The van der Waals surface area contributed by atoms with Crippen molar-refractivity contribution in [3.8, 4) is 0 Å². The first-order valence-corrected chi connectivity index (χ1v) is 9.72. The maximum Gasteiger partial charge on any atom is 0.311 e. The minimum absolute atomic E-state index is 0.0120. The molecule has 0 bridgehead atoms. The number of carboxylic acid groups (broad SMARTS) is 1. The van der Waals surface area contributed by atoms with Crippen LogP contribution in [-0.4, -0.2) is 60.8 Å². The predicted molar refractivity (Wildman–Crippen MR) is 87.7 cm³/mol. The summed E-state index contributed by atoms with van der Waals surface area (Å²) in [5, 5.41) is 9.27. The van der Waals surface area contributed by atoms with Gasteiger partial charge in [0.15, 0.2) is 5.76 Å². The van der Waals surface area contributed by atoms with Gasteiger partial charge < -0.3 is 14.4 Å². The summed E-state index contributed by atoms with van der Waals surface area (Å²) in [6.07, 6.45) is 2.00. The van der Waals surface area contributed by atoms with Crippen LogP contribution in [0.5, 0.6) is 0 Å². The lowest BCUT2D eigenvalue weighted by atomic mass is 9.90. The Bertz CT molecular complexity index is 809. The van der Waals surface area contributed by atoms with Gasteiger partial charge in [-0.25, -0.2) is 8.42 Å². The van der Waals surface area contributed by atoms with E-state index in [9.17, 15) is 23.1 Å². The van der Waals surface area contributed by atoms with Gasteiger partial charge in [-0.05, 0) is 33.1 Å². The highest BCUT2D eigenvalue weighted by molar-refractivity contribution is 7.89. The molecule has 9 heteroatoms. The van der Waals surface area contributed by atoms with Crippen molar-refractivity contribution in [3.63, 3.8) is 0 Å². The lowest BCUT2D eigenvalue weighted by Crippen LogP contribution is -2.34. The topological polar surface area (TPSA) is 108 Å². The summed E-state index contributed by atoms with van der Waals surface area (Å²) in [5.74, 6) is -1.31. The molecule has 0 saturated carbocycles. The molecule has 1 atom stereocenters. The number of carbonyl (C=O) groups excluding carboxylic acids is 1. The molecule has 0 radical (unpaired) electrons. The van der Waals surface area contributed by atoms with Crippen LogP contribution < -0.4 is 0 Å². The number of rotatable bonds is 4. The number of amides is 1. The van der Waals surface area contributed by atoms with Gasteiger partial charge in [0.05, 0.1) is 5.41 Å². The third-order valence-corrected chi connectivity index (χ3v) is 7.05. The Morgan fingerprint density at radius 1 is 1.24 bits per heavy atom. The van der Waals surface area contributed by atoms with Crippen molar-refractivity contribution in [3.05, 3.63) is 17.6 Å². The van der Waals surface area contributed by atoms with Gasteiger partial charge in [-0.15, -0.1) is 0 Å². The van der Waals surface area contributed by atoms with E-state index in [0.717, 1.165) is 12.8 Å². The lowest BCUT2D eigenvalue weighted by Gasteiger charge is -2.19. The van der Waals surface area contributed by atoms with Crippen LogP contribution in [0.1, 0.15) is 42.5 Å². The third-order valence-electron chi connectivity index (χ3n) is 5.04. The van der Waals surface area contributed by atoms with Gasteiger partial charge in [-0.2, -0.15) is 4.31 Å². The summed E-state index contributed by atoms with van der Waals surface area (Å²) >= 11 is 0. The highest BCUT2D eigenvalue weighted by atomic mass is 32.2. The van der Waals surface area contributed by atoms with E-state index < -0.39 is 27.3 Å². The molecular formula is C16H22N2O6S. The van der Waals surface area contributed by atoms with Crippen LogP contribution in [-0.2, 0) is 14.8 Å². The van der Waals surface area contributed by atoms with Crippen LogP contribution in [0.3, 0.4) is 0 Å². The number of hydrogen-bond donors (Lipinski definition) is 1. The number of nitrogens with zero attached hydrogens (tertiary/aromatic N) is 2. The third kappa shape index (κ3) is 3.06. The largest absolute Gasteiger partial charge is 0.481 e. The van der Waals surface area contributed by atoms with Crippen LogP contribution in [0.25, 0.3) is 0 Å². The average Bonchev–Trinajstić information content (AvgIpc) is 3.26. The summed E-state index contributed by atoms with van der Waals surface area (Å²) < 4.78 is 32.2. The molecule has 0 spiro atoms. The second-order valence-electron chi connectivity index (χ2n) is 6.98. The van der Waals surface area contributed by atoms with Gasteiger partial charge in [-0.3, -0.25) is 9.59 Å². The second-order valence-corrected chi connectivity index (χ2v) is 8.89. The number of hydrogen-bond acceptors (Lipinski definition) is 5. The SMILES string of the molecule is Cc1oc(C(=O)N2CCC(C)(C(=O)O)C2)cc1S(=O)(=O)N1CCCC1. The molecule has 8 nitrogen and oxygen atoms in total. The summed E-state index contributed by atoms with van der Waals surface area (Å²) in [6.45, 7) is 4.44. The molecule has 3 heterocycles. The quantitative estimate of drug-likeness (QED) is 0.856. The van der Waals surface area contributed by atoms with Crippen molar-refractivity contribution in [2.75, 3.05) is 26.2 Å². The van der Waals surface area contributed by atoms with Crippen molar-refractivity contribution >= 4 is 21.9 Å². The molecule has 2 saturated heterocycles. The maximum atomic E-state index is 12.7. The molecule has 2 aliphatic heterocycles.